The van der Waals surface area contributed by atoms with Gasteiger partial charge >= 0.3 is 5.97 Å². The summed E-state index contributed by atoms with van der Waals surface area (Å²) in [6, 6.07) is 3.93. The van der Waals surface area contributed by atoms with Gasteiger partial charge in [-0.25, -0.2) is 4.79 Å². The molecule has 0 aliphatic carbocycles. The number of aliphatic carboxylic acids is 1. The molecule has 0 spiro atoms. The van der Waals surface area contributed by atoms with E-state index in [0.717, 1.165) is 16.5 Å². The third kappa shape index (κ3) is 5.24. The van der Waals surface area contributed by atoms with Crippen molar-refractivity contribution in [1.82, 2.24) is 15.6 Å². The lowest BCUT2D eigenvalue weighted by Gasteiger charge is -2.23. The van der Waals surface area contributed by atoms with Crippen LogP contribution in [0.5, 0.6) is 0 Å². The highest BCUT2D eigenvalue weighted by molar-refractivity contribution is 7.80. The molecule has 0 saturated heterocycles. The van der Waals surface area contributed by atoms with Gasteiger partial charge < -0.3 is 31.6 Å². The van der Waals surface area contributed by atoms with Crippen LogP contribution in [0.25, 0.3) is 10.9 Å². The lowest BCUT2D eigenvalue weighted by molar-refractivity contribution is -0.141. The number of H-pyrrole nitrogens is 1. The van der Waals surface area contributed by atoms with E-state index in [2.05, 4.69) is 28.2 Å². The number of carbonyl (C=O) groups excluding carboxylic acids is 2. The number of carboxylic acids is 1. The van der Waals surface area contributed by atoms with Gasteiger partial charge in [-0.15, -0.1) is 0 Å². The lowest BCUT2D eigenvalue weighted by Crippen LogP contribution is -2.57. The van der Waals surface area contributed by atoms with E-state index >= 15 is 0 Å². The maximum atomic E-state index is 12.7. The Hall–Kier alpha value is -2.56. The third-order valence-electron chi connectivity index (χ3n) is 4.35. The number of aromatic nitrogens is 1. The number of carboxylic acid groups (broad SMARTS) is 1. The van der Waals surface area contributed by atoms with Gasteiger partial charge in [0, 0.05) is 29.3 Å². The van der Waals surface area contributed by atoms with Crippen LogP contribution in [0.1, 0.15) is 12.5 Å². The van der Waals surface area contributed by atoms with Crippen LogP contribution < -0.4 is 16.4 Å². The van der Waals surface area contributed by atoms with Crippen LogP contribution in [-0.2, 0) is 20.8 Å². The molecule has 2 aromatic rings. The minimum absolute atomic E-state index is 0.104. The number of aromatic amines is 1. The summed E-state index contributed by atoms with van der Waals surface area (Å²) in [6.07, 6.45) is 0.715. The van der Waals surface area contributed by atoms with Crippen LogP contribution in [-0.4, -0.2) is 63.0 Å². The number of aliphatic hydroxyl groups is 1. The monoisotopic (exact) mass is 408 g/mol. The van der Waals surface area contributed by atoms with Crippen LogP contribution in [0.4, 0.5) is 0 Å². The van der Waals surface area contributed by atoms with Gasteiger partial charge in [-0.2, -0.15) is 12.6 Å². The molecule has 0 fully saturated rings. The summed E-state index contributed by atoms with van der Waals surface area (Å²) in [5.74, 6) is -2.74. The van der Waals surface area contributed by atoms with Gasteiger partial charge in [0.15, 0.2) is 0 Å². The zero-order chi connectivity index (χ0) is 20.8. The second-order valence-electron chi connectivity index (χ2n) is 6.47. The first-order valence-corrected chi connectivity index (χ1v) is 9.31. The van der Waals surface area contributed by atoms with Crippen molar-refractivity contribution in [1.29, 1.82) is 0 Å². The van der Waals surface area contributed by atoms with E-state index in [4.69, 9.17) is 10.8 Å². The summed E-state index contributed by atoms with van der Waals surface area (Å²) >= 11 is 3.92. The predicted molar refractivity (Wildman–Crippen MR) is 107 cm³/mol. The molecular formula is C18H24N4O5S. The van der Waals surface area contributed by atoms with Gasteiger partial charge in [-0.3, -0.25) is 9.59 Å². The number of hydrogen-bond acceptors (Lipinski definition) is 6. The zero-order valence-corrected chi connectivity index (χ0v) is 16.1. The average Bonchev–Trinajstić information content (AvgIpc) is 3.07. The molecule has 2 amide bonds. The number of rotatable bonds is 9. The number of nitrogens with one attached hydrogen (secondary N) is 3. The van der Waals surface area contributed by atoms with Crippen molar-refractivity contribution in [2.75, 3.05) is 5.75 Å². The van der Waals surface area contributed by atoms with Crippen LogP contribution in [0.15, 0.2) is 30.5 Å². The maximum Gasteiger partial charge on any atom is 0.327 e. The number of thiol groups is 1. The minimum atomic E-state index is -1.23. The highest BCUT2D eigenvalue weighted by Gasteiger charge is 2.29. The normalized spacial score (nSPS) is 15.4. The second kappa shape index (κ2) is 9.58. The largest absolute Gasteiger partial charge is 0.480 e. The Morgan fingerprint density at radius 1 is 1.18 bits per heavy atom. The van der Waals surface area contributed by atoms with Crippen molar-refractivity contribution in [2.24, 2.45) is 5.73 Å². The van der Waals surface area contributed by atoms with E-state index in [9.17, 15) is 19.5 Å². The Morgan fingerprint density at radius 2 is 1.82 bits per heavy atom. The lowest BCUT2D eigenvalue weighted by atomic mass is 10.0. The van der Waals surface area contributed by atoms with Crippen LogP contribution >= 0.6 is 12.6 Å². The van der Waals surface area contributed by atoms with Gasteiger partial charge in [0.25, 0.3) is 0 Å². The fourth-order valence-electron chi connectivity index (χ4n) is 2.67. The zero-order valence-electron chi connectivity index (χ0n) is 15.3. The van der Waals surface area contributed by atoms with Crippen molar-refractivity contribution < 1.29 is 24.6 Å². The molecule has 0 radical (unpaired) electrons. The molecule has 2 rings (SSSR count). The average molecular weight is 408 g/mol. The summed E-state index contributed by atoms with van der Waals surface area (Å²) in [5, 5.41) is 24.4. The Balaban J connectivity index is 2.25. The number of aliphatic hydroxyl groups excluding tert-OH is 1. The summed E-state index contributed by atoms with van der Waals surface area (Å²) in [7, 11) is 0. The topological polar surface area (TPSA) is 158 Å². The van der Waals surface area contributed by atoms with Gasteiger partial charge in [-0.05, 0) is 18.6 Å². The number of hydrogen-bond donors (Lipinski definition) is 7. The molecule has 0 unspecified atom stereocenters. The molecule has 28 heavy (non-hydrogen) atoms. The van der Waals surface area contributed by atoms with Crippen molar-refractivity contribution in [3.05, 3.63) is 36.0 Å². The second-order valence-corrected chi connectivity index (χ2v) is 6.84. The number of carbonyl (C=O) groups is 3. The number of fused-ring (bicyclic) bond motifs is 1. The number of amides is 2. The first-order valence-electron chi connectivity index (χ1n) is 8.67. The molecule has 152 valence electrons. The van der Waals surface area contributed by atoms with Gasteiger partial charge in [0.1, 0.15) is 18.1 Å². The van der Waals surface area contributed by atoms with Crippen LogP contribution in [0.3, 0.4) is 0 Å². The first kappa shape index (κ1) is 21.7. The van der Waals surface area contributed by atoms with Crippen molar-refractivity contribution in [2.45, 2.75) is 37.6 Å². The number of nitrogens with two attached hydrogens (primary N) is 1. The van der Waals surface area contributed by atoms with Crippen molar-refractivity contribution in [3.63, 3.8) is 0 Å². The smallest absolute Gasteiger partial charge is 0.327 e. The summed E-state index contributed by atoms with van der Waals surface area (Å²) < 4.78 is 0. The SMILES string of the molecule is C[C@@H](O)[C@H](N)C(=O)N[C@@H](Cc1c[nH]c2ccccc12)C(=O)N[C@@H](CS)C(=O)O. The Morgan fingerprint density at radius 3 is 2.43 bits per heavy atom. The third-order valence-corrected chi connectivity index (χ3v) is 4.72. The Bertz CT molecular complexity index is 853. The fourth-order valence-corrected chi connectivity index (χ4v) is 2.92. The molecule has 0 aliphatic heterocycles. The van der Waals surface area contributed by atoms with E-state index in [-0.39, 0.29) is 12.2 Å². The minimum Gasteiger partial charge on any atom is -0.480 e. The van der Waals surface area contributed by atoms with E-state index in [1.165, 1.54) is 6.92 Å². The highest BCUT2D eigenvalue weighted by atomic mass is 32.1. The van der Waals surface area contributed by atoms with Crippen LogP contribution in [0, 0.1) is 0 Å². The molecule has 1 heterocycles. The summed E-state index contributed by atoms with van der Waals surface area (Å²) in [6.45, 7) is 1.36. The van der Waals surface area contributed by atoms with E-state index < -0.39 is 42.0 Å². The molecule has 10 heteroatoms. The summed E-state index contributed by atoms with van der Waals surface area (Å²) in [4.78, 5) is 39.2. The molecule has 7 N–H and O–H groups in total. The molecule has 1 aromatic carbocycles. The predicted octanol–water partition coefficient (Wildman–Crippen LogP) is -0.597. The van der Waals surface area contributed by atoms with Gasteiger partial charge in [0.05, 0.1) is 6.10 Å². The Kier molecular flexibility index (Phi) is 7.44. The molecule has 9 nitrogen and oxygen atoms in total. The molecule has 0 bridgehead atoms. The quantitative estimate of drug-likeness (QED) is 0.275. The molecule has 4 atom stereocenters. The van der Waals surface area contributed by atoms with Crippen molar-refractivity contribution >= 4 is 41.3 Å². The molecule has 1 aromatic heterocycles. The van der Waals surface area contributed by atoms with E-state index in [1.807, 2.05) is 24.3 Å². The van der Waals surface area contributed by atoms with E-state index in [1.54, 1.807) is 6.20 Å². The fraction of sp³-hybridized carbons (Fsp3) is 0.389. The number of para-hydroxylation sites is 1. The highest BCUT2D eigenvalue weighted by Crippen LogP contribution is 2.19. The maximum absolute atomic E-state index is 12.7. The van der Waals surface area contributed by atoms with Gasteiger partial charge in [0.2, 0.25) is 11.8 Å². The van der Waals surface area contributed by atoms with E-state index in [0.29, 0.717) is 0 Å². The standard InChI is InChI=1S/C18H24N4O5S/c1-9(23)15(19)17(25)21-13(16(24)22-14(8-28)18(26)27)6-10-7-20-12-5-3-2-4-11(10)12/h2-5,7,9,13-15,20,23,28H,6,8,19H2,1H3,(H,21,25)(H,22,24)(H,26,27)/t9-,13+,14+,15+/m1/s1. The summed E-state index contributed by atoms with van der Waals surface area (Å²) in [5.41, 5.74) is 7.27. The van der Waals surface area contributed by atoms with Crippen molar-refractivity contribution in [3.8, 4) is 0 Å². The number of benzene rings is 1. The Labute approximate surface area is 167 Å². The molecular weight excluding hydrogens is 384 g/mol. The van der Waals surface area contributed by atoms with Crippen LogP contribution in [0.2, 0.25) is 0 Å². The first-order chi connectivity index (χ1) is 13.2. The van der Waals surface area contributed by atoms with Gasteiger partial charge in [-0.1, -0.05) is 18.2 Å². The molecule has 0 aliphatic rings. The molecule has 0 saturated carbocycles.